The number of carbonyl (C=O) groups excluding carboxylic acids is 2. The fourth-order valence-corrected chi connectivity index (χ4v) is 3.11. The van der Waals surface area contributed by atoms with Crippen LogP contribution in [0.4, 0.5) is 13.2 Å². The van der Waals surface area contributed by atoms with Crippen LogP contribution in [0, 0.1) is 22.7 Å². The van der Waals surface area contributed by atoms with Gasteiger partial charge >= 0.3 is 12.1 Å². The molecule has 0 bridgehead atoms. The van der Waals surface area contributed by atoms with Gasteiger partial charge in [-0.2, -0.15) is 28.4 Å². The van der Waals surface area contributed by atoms with Crippen molar-refractivity contribution >= 4 is 21.9 Å². The lowest BCUT2D eigenvalue weighted by Crippen LogP contribution is -2.37. The Morgan fingerprint density at radius 3 is 2.27 bits per heavy atom. The highest BCUT2D eigenvalue weighted by atomic mass is 32.2. The molecule has 1 aromatic carbocycles. The Hall–Kier alpha value is -3.16. The maximum Gasteiger partial charge on any atom is 0.416 e. The van der Waals surface area contributed by atoms with Crippen LogP contribution in [0.15, 0.2) is 29.2 Å². The minimum absolute atomic E-state index is 0.00189. The van der Waals surface area contributed by atoms with Gasteiger partial charge in [0.15, 0.2) is 6.61 Å². The number of amides is 1. The average Bonchev–Trinajstić information content (AvgIpc) is 2.70. The zero-order valence-corrected chi connectivity index (χ0v) is 16.3. The second-order valence-corrected chi connectivity index (χ2v) is 7.47. The van der Waals surface area contributed by atoms with Crippen LogP contribution in [0.3, 0.4) is 0 Å². The minimum atomic E-state index is -4.74. The number of ether oxygens (including phenoxy) is 1. The molecule has 0 saturated heterocycles. The van der Waals surface area contributed by atoms with Gasteiger partial charge in [-0.15, -0.1) is 0 Å². The van der Waals surface area contributed by atoms with Crippen molar-refractivity contribution in [3.8, 4) is 12.1 Å². The van der Waals surface area contributed by atoms with Gasteiger partial charge in [0.25, 0.3) is 5.91 Å². The third-order valence-electron chi connectivity index (χ3n) is 3.57. The summed E-state index contributed by atoms with van der Waals surface area (Å²) in [4.78, 5) is 24.1. The van der Waals surface area contributed by atoms with Crippen molar-refractivity contribution in [1.29, 1.82) is 10.5 Å². The molecule has 0 aromatic heterocycles. The van der Waals surface area contributed by atoms with E-state index in [-0.39, 0.29) is 25.9 Å². The molecule has 0 saturated carbocycles. The second kappa shape index (κ2) is 11.1. The molecule has 1 rings (SSSR count). The molecule has 1 amide bonds. The van der Waals surface area contributed by atoms with Gasteiger partial charge in [-0.05, 0) is 18.2 Å². The summed E-state index contributed by atoms with van der Waals surface area (Å²) in [6, 6.07) is 6.60. The van der Waals surface area contributed by atoms with Crippen molar-refractivity contribution in [2.75, 3.05) is 26.2 Å². The molecule has 0 spiro atoms. The Labute approximate surface area is 170 Å². The van der Waals surface area contributed by atoms with E-state index < -0.39 is 51.7 Å². The predicted molar refractivity (Wildman–Crippen MR) is 94.6 cm³/mol. The molecule has 1 aromatic rings. The number of esters is 1. The Bertz CT molecular complexity index is 933. The molecule has 9 nitrogen and oxygen atoms in total. The molecular weight excluding hydrogens is 429 g/mol. The van der Waals surface area contributed by atoms with E-state index in [9.17, 15) is 31.2 Å². The van der Waals surface area contributed by atoms with Crippen LogP contribution in [0.5, 0.6) is 0 Å². The fraction of sp³-hybridized carbons (Fsp3) is 0.412. The van der Waals surface area contributed by atoms with E-state index in [1.165, 1.54) is 0 Å². The lowest BCUT2D eigenvalue weighted by Gasteiger charge is -2.20. The number of nitrogens with one attached hydrogen (secondary N) is 1. The number of nitrogens with zero attached hydrogens (tertiary/aromatic N) is 3. The van der Waals surface area contributed by atoms with Crippen molar-refractivity contribution in [3.63, 3.8) is 0 Å². The highest BCUT2D eigenvalue weighted by molar-refractivity contribution is 7.89. The number of alkyl halides is 3. The number of rotatable bonds is 10. The van der Waals surface area contributed by atoms with Crippen molar-refractivity contribution in [1.82, 2.24) is 9.62 Å². The van der Waals surface area contributed by atoms with E-state index >= 15 is 0 Å². The van der Waals surface area contributed by atoms with Crippen LogP contribution in [0.2, 0.25) is 0 Å². The monoisotopic (exact) mass is 446 g/mol. The molecule has 0 aliphatic carbocycles. The summed E-state index contributed by atoms with van der Waals surface area (Å²) in [5, 5.41) is 17.2. The number of hydrogen-bond acceptors (Lipinski definition) is 7. The van der Waals surface area contributed by atoms with E-state index in [1.807, 2.05) is 12.1 Å². The first-order chi connectivity index (χ1) is 14.0. The summed E-state index contributed by atoms with van der Waals surface area (Å²) < 4.78 is 68.7. The minimum Gasteiger partial charge on any atom is -0.455 e. The molecular formula is C17H17F3N4O5S. The van der Waals surface area contributed by atoms with Crippen LogP contribution < -0.4 is 4.72 Å². The van der Waals surface area contributed by atoms with Crippen LogP contribution in [-0.4, -0.2) is 51.4 Å². The molecule has 162 valence electrons. The Morgan fingerprint density at radius 1 is 1.13 bits per heavy atom. The number of sulfonamides is 1. The lowest BCUT2D eigenvalue weighted by atomic mass is 10.2. The normalized spacial score (nSPS) is 11.2. The van der Waals surface area contributed by atoms with Crippen LogP contribution in [0.1, 0.15) is 18.4 Å². The van der Waals surface area contributed by atoms with Gasteiger partial charge in [-0.3, -0.25) is 9.59 Å². The molecule has 13 heteroatoms. The second-order valence-electron chi connectivity index (χ2n) is 5.71. The largest absolute Gasteiger partial charge is 0.455 e. The van der Waals surface area contributed by atoms with Gasteiger partial charge < -0.3 is 9.64 Å². The van der Waals surface area contributed by atoms with Gasteiger partial charge in [0, 0.05) is 13.1 Å². The highest BCUT2D eigenvalue weighted by Gasteiger charge is 2.31. The first kappa shape index (κ1) is 24.9. The van der Waals surface area contributed by atoms with Gasteiger partial charge in [-0.1, -0.05) is 6.07 Å². The molecule has 0 heterocycles. The average molecular weight is 446 g/mol. The summed E-state index contributed by atoms with van der Waals surface area (Å²) in [5.74, 6) is -1.82. The Balaban J connectivity index is 2.64. The first-order valence-corrected chi connectivity index (χ1v) is 9.84. The number of carbonyl (C=O) groups is 2. The molecule has 0 unspecified atom stereocenters. The lowest BCUT2D eigenvalue weighted by molar-refractivity contribution is -0.151. The number of halogens is 3. The van der Waals surface area contributed by atoms with Gasteiger partial charge in [-0.25, -0.2) is 8.42 Å². The van der Waals surface area contributed by atoms with E-state index in [0.717, 1.165) is 17.0 Å². The quantitative estimate of drug-likeness (QED) is 0.532. The van der Waals surface area contributed by atoms with Crippen molar-refractivity contribution < 1.29 is 35.9 Å². The Kier molecular flexibility index (Phi) is 9.23. The van der Waals surface area contributed by atoms with Gasteiger partial charge in [0.2, 0.25) is 10.0 Å². The Morgan fingerprint density at radius 2 is 1.73 bits per heavy atom. The van der Waals surface area contributed by atoms with Crippen molar-refractivity contribution in [2.24, 2.45) is 0 Å². The summed E-state index contributed by atoms with van der Waals surface area (Å²) in [7, 11) is -4.44. The van der Waals surface area contributed by atoms with E-state index in [4.69, 9.17) is 10.5 Å². The number of benzene rings is 1. The maximum atomic E-state index is 12.7. The predicted octanol–water partition coefficient (Wildman–Crippen LogP) is 1.18. The molecule has 0 aliphatic heterocycles. The molecule has 0 radical (unpaired) electrons. The standard InChI is InChI=1S/C17H17F3N4O5S/c18-17(19,20)13-4-1-5-14(10-13)30(27,28)23-11-16(26)29-12-15(25)24(8-2-6-21)9-3-7-22/h1,4-5,10,23H,2-3,8-9,11-12H2. The van der Waals surface area contributed by atoms with Gasteiger partial charge in [0.05, 0.1) is 35.4 Å². The summed E-state index contributed by atoms with van der Waals surface area (Å²) in [6.07, 6.45) is -4.74. The van der Waals surface area contributed by atoms with E-state index in [0.29, 0.717) is 12.1 Å². The molecule has 0 aliphatic rings. The SMILES string of the molecule is N#CCCN(CCC#N)C(=O)COC(=O)CNS(=O)(=O)c1cccc(C(F)(F)F)c1. The van der Waals surface area contributed by atoms with Crippen LogP contribution in [-0.2, 0) is 30.5 Å². The zero-order valence-electron chi connectivity index (χ0n) is 15.5. The van der Waals surface area contributed by atoms with Gasteiger partial charge in [0.1, 0.15) is 6.54 Å². The zero-order chi connectivity index (χ0) is 22.8. The number of nitriles is 2. The topological polar surface area (TPSA) is 140 Å². The fourth-order valence-electron chi connectivity index (χ4n) is 2.09. The third-order valence-corrected chi connectivity index (χ3v) is 4.97. The summed E-state index contributed by atoms with van der Waals surface area (Å²) >= 11 is 0. The molecule has 1 N–H and O–H groups in total. The van der Waals surface area contributed by atoms with Crippen molar-refractivity contribution in [2.45, 2.75) is 23.9 Å². The van der Waals surface area contributed by atoms with E-state index in [1.54, 1.807) is 4.72 Å². The van der Waals surface area contributed by atoms with E-state index in [2.05, 4.69) is 4.74 Å². The van der Waals surface area contributed by atoms with Crippen LogP contribution >= 0.6 is 0 Å². The smallest absolute Gasteiger partial charge is 0.416 e. The molecule has 30 heavy (non-hydrogen) atoms. The summed E-state index contributed by atoms with van der Waals surface area (Å²) in [6.45, 7) is -1.61. The first-order valence-electron chi connectivity index (χ1n) is 8.35. The highest BCUT2D eigenvalue weighted by Crippen LogP contribution is 2.30. The van der Waals surface area contributed by atoms with Crippen molar-refractivity contribution in [3.05, 3.63) is 29.8 Å². The summed E-state index contributed by atoms with van der Waals surface area (Å²) in [5.41, 5.74) is -1.17. The maximum absolute atomic E-state index is 12.7. The van der Waals surface area contributed by atoms with Crippen LogP contribution in [0.25, 0.3) is 0 Å². The number of hydrogen-bond donors (Lipinski definition) is 1. The third kappa shape index (κ3) is 8.06. The molecule has 0 fully saturated rings. The molecule has 0 atom stereocenters.